The molecule has 0 fully saturated rings. The van der Waals surface area contributed by atoms with Crippen molar-refractivity contribution in [3.8, 4) is 6.07 Å². The van der Waals surface area contributed by atoms with Crippen LogP contribution in [0, 0.1) is 18.3 Å². The number of carbonyl (C=O) groups excluding carboxylic acids is 2. The predicted octanol–water partition coefficient (Wildman–Crippen LogP) is 4.35. The molecule has 0 aliphatic carbocycles. The highest BCUT2D eigenvalue weighted by atomic mass is 32.1. The Labute approximate surface area is 145 Å². The Hall–Kier alpha value is -2.92. The van der Waals surface area contributed by atoms with Gasteiger partial charge in [0.05, 0.1) is 4.88 Å². The van der Waals surface area contributed by atoms with Crippen molar-refractivity contribution in [3.05, 3.63) is 57.3 Å². The zero-order valence-electron chi connectivity index (χ0n) is 12.8. The second-order valence-corrected chi connectivity index (χ2v) is 5.93. The van der Waals surface area contributed by atoms with Gasteiger partial charge in [-0.25, -0.2) is 0 Å². The van der Waals surface area contributed by atoms with Crippen molar-refractivity contribution in [1.29, 1.82) is 5.26 Å². The number of allylic oxidation sites excluding steroid dienone is 1. The van der Waals surface area contributed by atoms with E-state index in [1.807, 2.05) is 0 Å². The summed E-state index contributed by atoms with van der Waals surface area (Å²) in [5, 5.41) is 12.7. The Morgan fingerprint density at radius 1 is 1.28 bits per heavy atom. The zero-order valence-corrected chi connectivity index (χ0v) is 13.7. The molecular weight excluding hydrogens is 353 g/mol. The molecule has 0 spiro atoms. The monoisotopic (exact) mass is 364 g/mol. The first kappa shape index (κ1) is 18.4. The molecule has 0 atom stereocenters. The van der Waals surface area contributed by atoms with Crippen molar-refractivity contribution in [3.63, 3.8) is 0 Å². The number of aryl methyl sites for hydroxylation is 1. The first-order chi connectivity index (χ1) is 11.7. The minimum absolute atomic E-state index is 0.0897. The molecular formula is C17H11F3N2O2S. The third kappa shape index (κ3) is 4.55. The van der Waals surface area contributed by atoms with Crippen molar-refractivity contribution in [2.24, 2.45) is 0 Å². The van der Waals surface area contributed by atoms with E-state index < -0.39 is 17.9 Å². The van der Waals surface area contributed by atoms with Crippen molar-refractivity contribution in [1.82, 2.24) is 0 Å². The summed E-state index contributed by atoms with van der Waals surface area (Å²) in [6.45, 7) is 1.74. The summed E-state index contributed by atoms with van der Waals surface area (Å²) in [6.07, 6.45) is -3.74. The number of ketones is 1. The molecule has 25 heavy (non-hydrogen) atoms. The fourth-order valence-corrected chi connectivity index (χ4v) is 2.83. The van der Waals surface area contributed by atoms with Crippen molar-refractivity contribution >= 4 is 34.8 Å². The number of nitriles is 1. The lowest BCUT2D eigenvalue weighted by molar-refractivity contribution is -0.167. The number of hydrogen-bond donors (Lipinski definition) is 1. The quantitative estimate of drug-likeness (QED) is 0.498. The third-order valence-electron chi connectivity index (χ3n) is 3.15. The molecule has 1 N–H and O–H groups in total. The van der Waals surface area contributed by atoms with Crippen LogP contribution in [0.5, 0.6) is 0 Å². The molecule has 0 saturated carbocycles. The molecule has 0 unspecified atom stereocenters. The molecule has 0 radical (unpaired) electrons. The predicted molar refractivity (Wildman–Crippen MR) is 88.1 cm³/mol. The number of amides is 1. The van der Waals surface area contributed by atoms with E-state index >= 15 is 0 Å². The maximum atomic E-state index is 12.4. The number of Topliss-reactive ketones (excluding diaryl/α,β-unsaturated/α-hetero) is 1. The molecule has 0 bridgehead atoms. The van der Waals surface area contributed by atoms with Gasteiger partial charge in [0.2, 0.25) is 5.78 Å². The largest absolute Gasteiger partial charge is 0.471 e. The lowest BCUT2D eigenvalue weighted by Gasteiger charge is -2.08. The van der Waals surface area contributed by atoms with Gasteiger partial charge < -0.3 is 5.32 Å². The van der Waals surface area contributed by atoms with Gasteiger partial charge >= 0.3 is 12.1 Å². The lowest BCUT2D eigenvalue weighted by Crippen LogP contribution is -2.29. The van der Waals surface area contributed by atoms with Crippen LogP contribution in [0.4, 0.5) is 18.9 Å². The van der Waals surface area contributed by atoms with Gasteiger partial charge in [-0.2, -0.15) is 18.4 Å². The number of alkyl halides is 3. The average molecular weight is 364 g/mol. The fraction of sp³-hybridized carbons (Fsp3) is 0.118. The molecule has 1 heterocycles. The van der Waals surface area contributed by atoms with E-state index in [9.17, 15) is 28.0 Å². The summed E-state index contributed by atoms with van der Waals surface area (Å²) < 4.78 is 36.9. The van der Waals surface area contributed by atoms with Gasteiger partial charge in [0.15, 0.2) is 0 Å². The molecule has 0 saturated heterocycles. The van der Waals surface area contributed by atoms with Crippen LogP contribution in [0.2, 0.25) is 0 Å². The SMILES string of the molecule is Cc1ccsc1C(=O)/C(C#N)=C\c1cccc(NC(=O)C(F)(F)F)c1. The van der Waals surface area contributed by atoms with E-state index in [0.717, 1.165) is 5.56 Å². The van der Waals surface area contributed by atoms with Crippen LogP contribution in [0.3, 0.4) is 0 Å². The van der Waals surface area contributed by atoms with Crippen molar-refractivity contribution in [2.45, 2.75) is 13.1 Å². The number of thiophene rings is 1. The molecule has 4 nitrogen and oxygen atoms in total. The normalized spacial score (nSPS) is 11.7. The maximum absolute atomic E-state index is 12.4. The fourth-order valence-electron chi connectivity index (χ4n) is 1.95. The minimum Gasteiger partial charge on any atom is -0.318 e. The standard InChI is InChI=1S/C17H11F3N2O2S/c1-10-5-6-25-15(10)14(23)12(9-21)7-11-3-2-4-13(8-11)22-16(24)17(18,19)20/h2-8H,1H3,(H,22,24)/b12-7-. The van der Waals surface area contributed by atoms with Gasteiger partial charge in [0.1, 0.15) is 11.6 Å². The molecule has 1 aromatic carbocycles. The summed E-state index contributed by atoms with van der Waals surface area (Å²) in [6, 6.07) is 8.99. The number of hydrogen-bond acceptors (Lipinski definition) is 4. The van der Waals surface area contributed by atoms with E-state index in [4.69, 9.17) is 0 Å². The van der Waals surface area contributed by atoms with Gasteiger partial charge in [-0.15, -0.1) is 11.3 Å². The van der Waals surface area contributed by atoms with Gasteiger partial charge in [0, 0.05) is 5.69 Å². The maximum Gasteiger partial charge on any atom is 0.471 e. The lowest BCUT2D eigenvalue weighted by atomic mass is 10.0. The summed E-state index contributed by atoms with van der Waals surface area (Å²) in [4.78, 5) is 23.8. The molecule has 2 aromatic rings. The Morgan fingerprint density at radius 3 is 2.56 bits per heavy atom. The topological polar surface area (TPSA) is 70.0 Å². The second kappa shape index (κ2) is 7.32. The number of anilines is 1. The van der Waals surface area contributed by atoms with Crippen molar-refractivity contribution < 1.29 is 22.8 Å². The van der Waals surface area contributed by atoms with Gasteiger partial charge in [0.25, 0.3) is 0 Å². The van der Waals surface area contributed by atoms with Crippen LogP contribution in [0.1, 0.15) is 20.8 Å². The number of nitrogens with one attached hydrogen (secondary N) is 1. The Bertz CT molecular complexity index is 892. The number of halogens is 3. The van der Waals surface area contributed by atoms with Crippen LogP contribution in [-0.4, -0.2) is 17.9 Å². The molecule has 8 heteroatoms. The first-order valence-corrected chi connectivity index (χ1v) is 7.79. The van der Waals surface area contributed by atoms with E-state index in [1.54, 1.807) is 29.8 Å². The number of carbonyl (C=O) groups is 2. The van der Waals surface area contributed by atoms with Crippen LogP contribution in [-0.2, 0) is 4.79 Å². The third-order valence-corrected chi connectivity index (χ3v) is 4.16. The van der Waals surface area contributed by atoms with Crippen LogP contribution in [0.25, 0.3) is 6.08 Å². The molecule has 1 aromatic heterocycles. The Kier molecular flexibility index (Phi) is 5.39. The Balaban J connectivity index is 2.29. The summed E-state index contributed by atoms with van der Waals surface area (Å²) in [5.74, 6) is -2.56. The van der Waals surface area contributed by atoms with Crippen molar-refractivity contribution in [2.75, 3.05) is 5.32 Å². The molecule has 0 aliphatic rings. The van der Waals surface area contributed by atoms with Crippen LogP contribution >= 0.6 is 11.3 Å². The van der Waals surface area contributed by atoms with E-state index in [0.29, 0.717) is 10.4 Å². The average Bonchev–Trinajstić information content (AvgIpc) is 2.97. The second-order valence-electron chi connectivity index (χ2n) is 5.01. The highest BCUT2D eigenvalue weighted by molar-refractivity contribution is 7.12. The Morgan fingerprint density at radius 2 is 2.00 bits per heavy atom. The highest BCUT2D eigenvalue weighted by Gasteiger charge is 2.38. The van der Waals surface area contributed by atoms with E-state index in [1.165, 1.54) is 41.7 Å². The zero-order chi connectivity index (χ0) is 18.6. The smallest absolute Gasteiger partial charge is 0.318 e. The first-order valence-electron chi connectivity index (χ1n) is 6.91. The summed E-state index contributed by atoms with van der Waals surface area (Å²) >= 11 is 1.20. The molecule has 128 valence electrons. The highest BCUT2D eigenvalue weighted by Crippen LogP contribution is 2.23. The number of rotatable bonds is 4. The van der Waals surface area contributed by atoms with Gasteiger partial charge in [-0.3, -0.25) is 9.59 Å². The van der Waals surface area contributed by atoms with E-state index in [-0.39, 0.29) is 11.3 Å². The number of benzene rings is 1. The van der Waals surface area contributed by atoms with Crippen LogP contribution < -0.4 is 5.32 Å². The van der Waals surface area contributed by atoms with Gasteiger partial charge in [-0.05, 0) is 47.7 Å². The summed E-state index contributed by atoms with van der Waals surface area (Å²) in [5.41, 5.74) is 0.819. The van der Waals surface area contributed by atoms with Gasteiger partial charge in [-0.1, -0.05) is 12.1 Å². The molecule has 1 amide bonds. The van der Waals surface area contributed by atoms with Crippen LogP contribution in [0.15, 0.2) is 41.3 Å². The molecule has 2 rings (SSSR count). The minimum atomic E-state index is -5.00. The summed E-state index contributed by atoms with van der Waals surface area (Å²) in [7, 11) is 0. The van der Waals surface area contributed by atoms with E-state index in [2.05, 4.69) is 0 Å². The molecule has 0 aliphatic heterocycles. The number of nitrogens with zero attached hydrogens (tertiary/aromatic N) is 1.